The van der Waals surface area contributed by atoms with E-state index in [1.807, 2.05) is 12.1 Å². The highest BCUT2D eigenvalue weighted by molar-refractivity contribution is 14.1. The van der Waals surface area contributed by atoms with Gasteiger partial charge in [-0.25, -0.2) is 0 Å². The van der Waals surface area contributed by atoms with Gasteiger partial charge in [0.1, 0.15) is 11.5 Å². The Balaban J connectivity index is 1.84. The van der Waals surface area contributed by atoms with Crippen LogP contribution in [0.2, 0.25) is 0 Å². The summed E-state index contributed by atoms with van der Waals surface area (Å²) >= 11 is 2.31. The van der Waals surface area contributed by atoms with Crippen LogP contribution in [0.4, 0.5) is 0 Å². The average molecular weight is 481 g/mol. The Labute approximate surface area is 173 Å². The molecule has 1 atom stereocenters. The largest absolute Gasteiger partial charge is 0.372 e. The van der Waals surface area contributed by atoms with Gasteiger partial charge in [-0.15, -0.1) is 0 Å². The maximum Gasteiger partial charge on any atom is 0.215 e. The van der Waals surface area contributed by atoms with Crippen LogP contribution in [-0.4, -0.2) is 35.8 Å². The number of carbonyl (C=O) groups excluding carboxylic acids is 1. The van der Waals surface area contributed by atoms with E-state index in [9.17, 15) is 4.79 Å². The second-order valence-corrected chi connectivity index (χ2v) is 11.4. The number of carbonyl (C=O) groups is 1. The molecule has 0 saturated carbocycles. The van der Waals surface area contributed by atoms with Crippen LogP contribution in [0.1, 0.15) is 31.1 Å². The van der Waals surface area contributed by atoms with Gasteiger partial charge in [0.2, 0.25) is 5.78 Å². The number of hydrogen-bond donors (Lipinski definition) is 0. The summed E-state index contributed by atoms with van der Waals surface area (Å²) in [5, 5.41) is 0.0653. The van der Waals surface area contributed by atoms with Crippen molar-refractivity contribution >= 4 is 39.3 Å². The zero-order valence-corrected chi connectivity index (χ0v) is 18.6. The molecule has 0 spiro atoms. The average Bonchev–Trinajstić information content (AvgIpc) is 2.62. The molecule has 0 N–H and O–H groups in total. The maximum absolute atomic E-state index is 13.3. The second-order valence-electron chi connectivity index (χ2n) is 7.75. The van der Waals surface area contributed by atoms with E-state index in [0.717, 1.165) is 35.8 Å². The van der Waals surface area contributed by atoms with E-state index in [1.54, 1.807) is 0 Å². The van der Waals surface area contributed by atoms with Gasteiger partial charge in [0, 0.05) is 25.4 Å². The van der Waals surface area contributed by atoms with Crippen LogP contribution in [0.15, 0.2) is 48.5 Å². The number of Topliss-reactive ketones (excluding diaryl/α,β-unsaturated/α-hetero) is 1. The summed E-state index contributed by atoms with van der Waals surface area (Å²) in [7, 11) is 0.0982. The summed E-state index contributed by atoms with van der Waals surface area (Å²) in [4.78, 5) is 13.3. The fourth-order valence-electron chi connectivity index (χ4n) is 3.44. The van der Waals surface area contributed by atoms with E-state index in [4.69, 9.17) is 4.74 Å². The first-order valence-corrected chi connectivity index (χ1v) is 11.7. The van der Waals surface area contributed by atoms with Crippen molar-refractivity contribution in [2.24, 2.45) is 5.41 Å². The molecule has 1 aliphatic heterocycles. The molecule has 0 aromatic heterocycles. The van der Waals surface area contributed by atoms with Gasteiger partial charge < -0.3 is 4.74 Å². The first-order chi connectivity index (χ1) is 12.4. The number of halogens is 1. The fraction of sp³-hybridized carbons (Fsp3) is 0.409. The fourth-order valence-corrected chi connectivity index (χ4v) is 6.57. The van der Waals surface area contributed by atoms with E-state index in [0.29, 0.717) is 0 Å². The molecule has 26 heavy (non-hydrogen) atoms. The number of hydrogen-bond acceptors (Lipinski definition) is 2. The van der Waals surface area contributed by atoms with Gasteiger partial charge in [-0.1, -0.05) is 57.2 Å². The highest BCUT2D eigenvalue weighted by Crippen LogP contribution is 2.32. The lowest BCUT2D eigenvalue weighted by atomic mass is 9.86. The predicted octanol–water partition coefficient (Wildman–Crippen LogP) is 5.20. The smallest absolute Gasteiger partial charge is 0.215 e. The van der Waals surface area contributed by atoms with Gasteiger partial charge in [-0.2, -0.15) is 0 Å². The molecule has 2 aromatic carbocycles. The maximum atomic E-state index is 13.3. The summed E-state index contributed by atoms with van der Waals surface area (Å²) in [6.07, 6.45) is 0. The molecule has 0 aliphatic carbocycles. The Kier molecular flexibility index (Phi) is 6.46. The molecule has 2 nitrogen and oxygen atoms in total. The van der Waals surface area contributed by atoms with Gasteiger partial charge >= 0.3 is 0 Å². The van der Waals surface area contributed by atoms with Crippen LogP contribution in [0.5, 0.6) is 0 Å². The minimum atomic E-state index is -0.0354. The Bertz CT molecular complexity index is 741. The minimum Gasteiger partial charge on any atom is -0.372 e. The Morgan fingerprint density at radius 1 is 0.962 bits per heavy atom. The van der Waals surface area contributed by atoms with Crippen molar-refractivity contribution in [1.29, 1.82) is 0 Å². The molecular formula is C22H26IO2S+. The topological polar surface area (TPSA) is 26.3 Å². The van der Waals surface area contributed by atoms with Crippen LogP contribution >= 0.6 is 22.6 Å². The van der Waals surface area contributed by atoms with Crippen molar-refractivity contribution in [2.75, 3.05) is 24.7 Å². The second kappa shape index (κ2) is 8.44. The highest BCUT2D eigenvalue weighted by atomic mass is 127. The van der Waals surface area contributed by atoms with Gasteiger partial charge in [0.15, 0.2) is 5.25 Å². The first kappa shape index (κ1) is 19.9. The zero-order chi connectivity index (χ0) is 18.7. The summed E-state index contributed by atoms with van der Waals surface area (Å²) in [5.74, 6) is 2.31. The van der Waals surface area contributed by atoms with E-state index in [2.05, 4.69) is 79.8 Å². The molecule has 2 aromatic rings. The van der Waals surface area contributed by atoms with Gasteiger partial charge in [0.25, 0.3) is 0 Å². The molecular weight excluding hydrogens is 455 g/mol. The summed E-state index contributed by atoms with van der Waals surface area (Å²) in [6, 6.07) is 16.6. The van der Waals surface area contributed by atoms with E-state index < -0.39 is 0 Å². The van der Waals surface area contributed by atoms with E-state index >= 15 is 0 Å². The quantitative estimate of drug-likeness (QED) is 0.341. The summed E-state index contributed by atoms with van der Waals surface area (Å²) in [6.45, 7) is 8.15. The zero-order valence-electron chi connectivity index (χ0n) is 15.6. The SMILES string of the molecule is CC(C)(C)C(C(=O)c1ccc(-c2ccc(I)cc2)cc1)[S+]1CCOCC1. The molecule has 138 valence electrons. The van der Waals surface area contributed by atoms with Crippen LogP contribution in [0, 0.1) is 8.99 Å². The third-order valence-electron chi connectivity index (χ3n) is 4.68. The number of benzene rings is 2. The molecule has 1 fully saturated rings. The van der Waals surface area contributed by atoms with Crippen molar-refractivity contribution in [3.8, 4) is 11.1 Å². The molecule has 1 unspecified atom stereocenters. The third kappa shape index (κ3) is 4.70. The molecule has 0 amide bonds. The van der Waals surface area contributed by atoms with Crippen LogP contribution in [0.3, 0.4) is 0 Å². The third-order valence-corrected chi connectivity index (χ3v) is 8.37. The van der Waals surface area contributed by atoms with Crippen molar-refractivity contribution in [2.45, 2.75) is 26.0 Å². The van der Waals surface area contributed by atoms with Crippen molar-refractivity contribution < 1.29 is 9.53 Å². The standard InChI is InChI=1S/C22H26IO2S/c1-22(2,3)21(26-14-12-25-13-15-26)20(24)18-6-4-16(5-7-18)17-8-10-19(23)11-9-17/h4-11,21H,12-15H2,1-3H3/q+1. The summed E-state index contributed by atoms with van der Waals surface area (Å²) in [5.41, 5.74) is 3.13. The number of ether oxygens (including phenoxy) is 1. The Hall–Kier alpha value is -0.850. The Morgan fingerprint density at radius 3 is 1.96 bits per heavy atom. The monoisotopic (exact) mass is 481 g/mol. The minimum absolute atomic E-state index is 0.0354. The molecule has 1 aliphatic rings. The van der Waals surface area contributed by atoms with Gasteiger partial charge in [-0.3, -0.25) is 4.79 Å². The molecule has 3 rings (SSSR count). The first-order valence-electron chi connectivity index (χ1n) is 9.00. The lowest BCUT2D eigenvalue weighted by molar-refractivity contribution is 0.0946. The van der Waals surface area contributed by atoms with Crippen molar-refractivity contribution in [1.82, 2.24) is 0 Å². The number of ketones is 1. The van der Waals surface area contributed by atoms with Gasteiger partial charge in [-0.05, 0) is 45.9 Å². The predicted molar refractivity (Wildman–Crippen MR) is 120 cm³/mol. The highest BCUT2D eigenvalue weighted by Gasteiger charge is 2.46. The van der Waals surface area contributed by atoms with Crippen molar-refractivity contribution in [3.63, 3.8) is 0 Å². The van der Waals surface area contributed by atoms with Crippen LogP contribution in [0.25, 0.3) is 11.1 Å². The molecule has 4 heteroatoms. The van der Waals surface area contributed by atoms with Crippen LogP contribution in [-0.2, 0) is 15.6 Å². The lowest BCUT2D eigenvalue weighted by Gasteiger charge is -2.31. The summed E-state index contributed by atoms with van der Waals surface area (Å²) < 4.78 is 6.74. The Morgan fingerprint density at radius 2 is 1.46 bits per heavy atom. The molecule has 0 radical (unpaired) electrons. The lowest BCUT2D eigenvalue weighted by Crippen LogP contribution is -2.47. The molecule has 0 bridgehead atoms. The van der Waals surface area contributed by atoms with Crippen LogP contribution < -0.4 is 0 Å². The molecule has 1 heterocycles. The van der Waals surface area contributed by atoms with Gasteiger partial charge in [0.05, 0.1) is 13.2 Å². The van der Waals surface area contributed by atoms with E-state index in [1.165, 1.54) is 9.13 Å². The van der Waals surface area contributed by atoms with Crippen molar-refractivity contribution in [3.05, 3.63) is 57.7 Å². The van der Waals surface area contributed by atoms with E-state index in [-0.39, 0.29) is 27.3 Å². The normalized spacial score (nSPS) is 17.1. The molecule has 1 saturated heterocycles. The number of rotatable bonds is 4.